The largest absolute Gasteiger partial charge is 0.368 e. The fourth-order valence-electron chi connectivity index (χ4n) is 3.48. The summed E-state index contributed by atoms with van der Waals surface area (Å²) in [5.74, 6) is -0.309. The summed E-state index contributed by atoms with van der Waals surface area (Å²) >= 11 is 1.36. The first-order chi connectivity index (χ1) is 15.0. The lowest BCUT2D eigenvalue weighted by Crippen LogP contribution is -2.48. The van der Waals surface area contributed by atoms with Crippen molar-refractivity contribution in [1.29, 1.82) is 0 Å². The van der Waals surface area contributed by atoms with Crippen molar-refractivity contribution >= 4 is 40.2 Å². The fourth-order valence-corrected chi connectivity index (χ4v) is 4.10. The summed E-state index contributed by atoms with van der Waals surface area (Å²) in [5.41, 5.74) is 1.91. The zero-order valence-electron chi connectivity index (χ0n) is 16.6. The summed E-state index contributed by atoms with van der Waals surface area (Å²) in [7, 11) is 0. The molecule has 1 saturated heterocycles. The minimum absolute atomic E-state index is 0.0532. The molecular formula is C22H20N4O4S. The molecule has 158 valence electrons. The van der Waals surface area contributed by atoms with Crippen molar-refractivity contribution in [2.24, 2.45) is 0 Å². The SMILES string of the molecule is O=C(Nc1cccc(C(=O)N2CCN(c3cccc([N+](=O)[O-])c3)CC2)c1)c1cccs1. The van der Waals surface area contributed by atoms with E-state index in [9.17, 15) is 19.7 Å². The first-order valence-corrected chi connectivity index (χ1v) is 10.6. The van der Waals surface area contributed by atoms with Crippen LogP contribution in [-0.4, -0.2) is 47.8 Å². The second kappa shape index (κ2) is 8.97. The molecule has 2 amide bonds. The van der Waals surface area contributed by atoms with Crippen molar-refractivity contribution in [3.05, 3.63) is 86.6 Å². The van der Waals surface area contributed by atoms with Crippen LogP contribution in [0.4, 0.5) is 17.1 Å². The molecule has 1 fully saturated rings. The number of non-ortho nitro benzene ring substituents is 1. The predicted octanol–water partition coefficient (Wildman–Crippen LogP) is 3.87. The number of piperazine rings is 1. The van der Waals surface area contributed by atoms with Gasteiger partial charge >= 0.3 is 0 Å². The van der Waals surface area contributed by atoms with E-state index in [2.05, 4.69) is 5.32 Å². The molecule has 9 heteroatoms. The molecule has 2 aromatic carbocycles. The van der Waals surface area contributed by atoms with E-state index in [1.54, 1.807) is 47.4 Å². The van der Waals surface area contributed by atoms with Crippen LogP contribution in [0.1, 0.15) is 20.0 Å². The number of carbonyl (C=O) groups is 2. The Bertz CT molecular complexity index is 1110. The second-order valence-corrected chi connectivity index (χ2v) is 8.02. The number of nitro benzene ring substituents is 1. The average molecular weight is 436 g/mol. The number of nitro groups is 1. The number of hydrogen-bond donors (Lipinski definition) is 1. The molecule has 0 bridgehead atoms. The van der Waals surface area contributed by atoms with Gasteiger partial charge in [-0.1, -0.05) is 18.2 Å². The lowest BCUT2D eigenvalue weighted by atomic mass is 10.1. The van der Waals surface area contributed by atoms with Crippen LogP contribution in [0.3, 0.4) is 0 Å². The molecule has 0 spiro atoms. The zero-order chi connectivity index (χ0) is 21.8. The molecule has 31 heavy (non-hydrogen) atoms. The molecule has 3 aromatic rings. The zero-order valence-corrected chi connectivity index (χ0v) is 17.4. The maximum atomic E-state index is 13.0. The summed E-state index contributed by atoms with van der Waals surface area (Å²) in [6, 6.07) is 17.0. The molecule has 0 radical (unpaired) electrons. The first-order valence-electron chi connectivity index (χ1n) is 9.75. The molecule has 0 saturated carbocycles. The number of nitrogens with one attached hydrogen (secondary N) is 1. The number of rotatable bonds is 5. The molecule has 4 rings (SSSR count). The van der Waals surface area contributed by atoms with E-state index in [0.29, 0.717) is 42.3 Å². The monoisotopic (exact) mass is 436 g/mol. The highest BCUT2D eigenvalue weighted by Crippen LogP contribution is 2.23. The van der Waals surface area contributed by atoms with Crippen molar-refractivity contribution in [3.8, 4) is 0 Å². The van der Waals surface area contributed by atoms with Crippen LogP contribution in [0, 0.1) is 10.1 Å². The second-order valence-electron chi connectivity index (χ2n) is 7.07. The fraction of sp³-hybridized carbons (Fsp3) is 0.182. The summed E-state index contributed by atoms with van der Waals surface area (Å²) < 4.78 is 0. The number of anilines is 2. The number of carbonyl (C=O) groups excluding carboxylic acids is 2. The van der Waals surface area contributed by atoms with Crippen LogP contribution < -0.4 is 10.2 Å². The predicted molar refractivity (Wildman–Crippen MR) is 120 cm³/mol. The Balaban J connectivity index is 1.39. The van der Waals surface area contributed by atoms with Crippen molar-refractivity contribution < 1.29 is 14.5 Å². The summed E-state index contributed by atoms with van der Waals surface area (Å²) in [6.07, 6.45) is 0. The van der Waals surface area contributed by atoms with E-state index in [4.69, 9.17) is 0 Å². The molecule has 1 aromatic heterocycles. The Morgan fingerprint density at radius 1 is 0.968 bits per heavy atom. The van der Waals surface area contributed by atoms with Crippen molar-refractivity contribution in [2.75, 3.05) is 36.4 Å². The van der Waals surface area contributed by atoms with Gasteiger partial charge in [0, 0.05) is 55.2 Å². The molecule has 0 unspecified atom stereocenters. The van der Waals surface area contributed by atoms with Crippen LogP contribution in [0.2, 0.25) is 0 Å². The van der Waals surface area contributed by atoms with Crippen LogP contribution in [0.5, 0.6) is 0 Å². The summed E-state index contributed by atoms with van der Waals surface area (Å²) in [5, 5.41) is 15.7. The standard InChI is InChI=1S/C22H20N4O4S/c27-21(20-8-3-13-31-20)23-17-5-1-4-16(14-17)22(28)25-11-9-24(10-12-25)18-6-2-7-19(15-18)26(29)30/h1-8,13-15H,9-12H2,(H,23,27). The maximum absolute atomic E-state index is 13.0. The molecule has 1 aliphatic heterocycles. The minimum atomic E-state index is -0.409. The van der Waals surface area contributed by atoms with Gasteiger partial charge in [-0.15, -0.1) is 11.3 Å². The van der Waals surface area contributed by atoms with Gasteiger partial charge in [0.05, 0.1) is 9.80 Å². The van der Waals surface area contributed by atoms with Gasteiger partial charge in [0.15, 0.2) is 0 Å². The number of amides is 2. The van der Waals surface area contributed by atoms with Gasteiger partial charge in [-0.2, -0.15) is 0 Å². The van der Waals surface area contributed by atoms with Crippen LogP contribution >= 0.6 is 11.3 Å². The van der Waals surface area contributed by atoms with Gasteiger partial charge in [0.1, 0.15) is 0 Å². The van der Waals surface area contributed by atoms with E-state index in [0.717, 1.165) is 5.69 Å². The quantitative estimate of drug-likeness (QED) is 0.484. The molecule has 1 N–H and O–H groups in total. The van der Waals surface area contributed by atoms with Gasteiger partial charge in [-0.25, -0.2) is 0 Å². The van der Waals surface area contributed by atoms with Crippen molar-refractivity contribution in [2.45, 2.75) is 0 Å². The van der Waals surface area contributed by atoms with Gasteiger partial charge in [-0.05, 0) is 35.7 Å². The molecule has 1 aliphatic rings. The van der Waals surface area contributed by atoms with Crippen molar-refractivity contribution in [3.63, 3.8) is 0 Å². The molecule has 0 atom stereocenters. The smallest absolute Gasteiger partial charge is 0.271 e. The number of benzene rings is 2. The average Bonchev–Trinajstić information content (AvgIpc) is 3.34. The molecule has 2 heterocycles. The van der Waals surface area contributed by atoms with Gasteiger partial charge < -0.3 is 15.1 Å². The topological polar surface area (TPSA) is 95.8 Å². The highest BCUT2D eigenvalue weighted by Gasteiger charge is 2.23. The van der Waals surface area contributed by atoms with Crippen LogP contribution in [-0.2, 0) is 0 Å². The first kappa shape index (κ1) is 20.5. The van der Waals surface area contributed by atoms with E-state index in [-0.39, 0.29) is 17.5 Å². The van der Waals surface area contributed by atoms with Gasteiger partial charge in [-0.3, -0.25) is 19.7 Å². The molecule has 8 nitrogen and oxygen atoms in total. The van der Waals surface area contributed by atoms with Crippen LogP contribution in [0.15, 0.2) is 66.0 Å². The van der Waals surface area contributed by atoms with Crippen molar-refractivity contribution in [1.82, 2.24) is 4.90 Å². The Morgan fingerprint density at radius 2 is 1.74 bits per heavy atom. The third-order valence-electron chi connectivity index (χ3n) is 5.08. The third kappa shape index (κ3) is 4.72. The maximum Gasteiger partial charge on any atom is 0.271 e. The number of hydrogen-bond acceptors (Lipinski definition) is 6. The Labute approximate surface area is 182 Å². The number of thiophene rings is 1. The normalized spacial score (nSPS) is 13.7. The summed E-state index contributed by atoms with van der Waals surface area (Å²) in [4.78, 5) is 40.2. The van der Waals surface area contributed by atoms with Crippen LogP contribution in [0.25, 0.3) is 0 Å². The highest BCUT2D eigenvalue weighted by molar-refractivity contribution is 7.12. The van der Waals surface area contributed by atoms with Gasteiger partial charge in [0.25, 0.3) is 17.5 Å². The van der Waals surface area contributed by atoms with E-state index in [1.807, 2.05) is 22.4 Å². The van der Waals surface area contributed by atoms with Gasteiger partial charge in [0.2, 0.25) is 0 Å². The molecule has 0 aliphatic carbocycles. The highest BCUT2D eigenvalue weighted by atomic mass is 32.1. The van der Waals surface area contributed by atoms with E-state index < -0.39 is 4.92 Å². The third-order valence-corrected chi connectivity index (χ3v) is 5.95. The lowest BCUT2D eigenvalue weighted by molar-refractivity contribution is -0.384. The Hall–Kier alpha value is -3.72. The van der Waals surface area contributed by atoms with E-state index >= 15 is 0 Å². The summed E-state index contributed by atoms with van der Waals surface area (Å²) in [6.45, 7) is 2.18. The minimum Gasteiger partial charge on any atom is -0.368 e. The lowest BCUT2D eigenvalue weighted by Gasteiger charge is -2.36. The molecular weight excluding hydrogens is 416 g/mol. The number of nitrogens with zero attached hydrogens (tertiary/aromatic N) is 3. The Morgan fingerprint density at radius 3 is 2.45 bits per heavy atom. The Kier molecular flexibility index (Phi) is 5.94. The van der Waals surface area contributed by atoms with E-state index in [1.165, 1.54) is 17.4 Å².